The Bertz CT molecular complexity index is 474. The second-order valence-electron chi connectivity index (χ2n) is 6.47. The molecular formula is C20H30O. The van der Waals surface area contributed by atoms with Crippen LogP contribution in [0.5, 0.6) is 0 Å². The van der Waals surface area contributed by atoms with E-state index in [4.69, 9.17) is 0 Å². The highest BCUT2D eigenvalue weighted by atomic mass is 16.1. The summed E-state index contributed by atoms with van der Waals surface area (Å²) in [6, 6.07) is 0. The van der Waals surface area contributed by atoms with Gasteiger partial charge in [-0.05, 0) is 71.3 Å². The van der Waals surface area contributed by atoms with Gasteiger partial charge in [-0.15, -0.1) is 0 Å². The predicted octanol–water partition coefficient (Wildman–Crippen LogP) is 5.94. The summed E-state index contributed by atoms with van der Waals surface area (Å²) < 4.78 is 0. The maximum absolute atomic E-state index is 12.3. The molecule has 1 aliphatic rings. The average molecular weight is 286 g/mol. The Morgan fingerprint density at radius 1 is 1.05 bits per heavy atom. The van der Waals surface area contributed by atoms with Crippen LogP contribution in [-0.4, -0.2) is 5.78 Å². The van der Waals surface area contributed by atoms with Crippen molar-refractivity contribution in [1.82, 2.24) is 0 Å². The third kappa shape index (κ3) is 6.75. The summed E-state index contributed by atoms with van der Waals surface area (Å²) in [5, 5.41) is 0. The summed E-state index contributed by atoms with van der Waals surface area (Å²) in [5.41, 5.74) is 4.87. The molecule has 21 heavy (non-hydrogen) atoms. The summed E-state index contributed by atoms with van der Waals surface area (Å²) in [6.07, 6.45) is 12.5. The zero-order valence-corrected chi connectivity index (χ0v) is 14.2. The maximum Gasteiger partial charge on any atom is 0.158 e. The first-order valence-corrected chi connectivity index (χ1v) is 8.06. The van der Waals surface area contributed by atoms with Crippen LogP contribution in [0.1, 0.15) is 66.2 Å². The Kier molecular flexibility index (Phi) is 7.42. The van der Waals surface area contributed by atoms with E-state index < -0.39 is 0 Å². The Labute approximate surface area is 130 Å². The Hall–Kier alpha value is -1.37. The largest absolute Gasteiger partial charge is 0.295 e. The molecular weight excluding hydrogens is 256 g/mol. The number of ketones is 1. The average Bonchev–Trinajstić information content (AvgIpc) is 2.41. The van der Waals surface area contributed by atoms with Gasteiger partial charge >= 0.3 is 0 Å². The fourth-order valence-electron chi connectivity index (χ4n) is 2.57. The van der Waals surface area contributed by atoms with Gasteiger partial charge in [0.05, 0.1) is 0 Å². The third-order valence-corrected chi connectivity index (χ3v) is 4.34. The van der Waals surface area contributed by atoms with Gasteiger partial charge in [0.25, 0.3) is 0 Å². The Morgan fingerprint density at radius 2 is 1.62 bits per heavy atom. The molecule has 116 valence electrons. The lowest BCUT2D eigenvalue weighted by Gasteiger charge is -2.15. The molecule has 0 spiro atoms. The number of hydrogen-bond acceptors (Lipinski definition) is 1. The molecule has 0 saturated carbocycles. The first-order chi connectivity index (χ1) is 9.90. The van der Waals surface area contributed by atoms with E-state index in [1.54, 1.807) is 0 Å². The number of carbonyl (C=O) groups excluding carboxylic acids is 1. The van der Waals surface area contributed by atoms with E-state index >= 15 is 0 Å². The van der Waals surface area contributed by atoms with Crippen molar-refractivity contribution in [3.05, 3.63) is 47.1 Å². The van der Waals surface area contributed by atoms with Gasteiger partial charge in [0.1, 0.15) is 0 Å². The summed E-state index contributed by atoms with van der Waals surface area (Å²) in [7, 11) is 0. The van der Waals surface area contributed by atoms with Crippen molar-refractivity contribution >= 4 is 5.78 Å². The molecule has 0 N–H and O–H groups in total. The molecule has 0 aliphatic heterocycles. The van der Waals surface area contributed by atoms with Gasteiger partial charge < -0.3 is 0 Å². The van der Waals surface area contributed by atoms with E-state index in [0.717, 1.165) is 43.3 Å². The van der Waals surface area contributed by atoms with Gasteiger partial charge in [-0.2, -0.15) is 0 Å². The van der Waals surface area contributed by atoms with Crippen molar-refractivity contribution in [2.75, 3.05) is 0 Å². The molecule has 0 radical (unpaired) electrons. The van der Waals surface area contributed by atoms with Crippen LogP contribution in [0.15, 0.2) is 47.1 Å². The van der Waals surface area contributed by atoms with E-state index in [1.165, 1.54) is 11.1 Å². The van der Waals surface area contributed by atoms with Crippen molar-refractivity contribution in [3.63, 3.8) is 0 Å². The van der Waals surface area contributed by atoms with E-state index in [2.05, 4.69) is 38.7 Å². The molecule has 1 heteroatoms. The lowest BCUT2D eigenvalue weighted by atomic mass is 9.89. The second-order valence-corrected chi connectivity index (χ2v) is 6.47. The van der Waals surface area contributed by atoms with Crippen molar-refractivity contribution in [2.45, 2.75) is 66.2 Å². The Balaban J connectivity index is 2.92. The number of rotatable bonds is 1. The summed E-state index contributed by atoms with van der Waals surface area (Å²) in [6.45, 7) is 12.4. The van der Waals surface area contributed by atoms with Crippen LogP contribution < -0.4 is 0 Å². The smallest absolute Gasteiger partial charge is 0.158 e. The first kappa shape index (κ1) is 17.7. The zero-order valence-electron chi connectivity index (χ0n) is 14.2. The van der Waals surface area contributed by atoms with Crippen LogP contribution in [0.2, 0.25) is 0 Å². The van der Waals surface area contributed by atoms with Crippen molar-refractivity contribution in [1.29, 1.82) is 0 Å². The van der Waals surface area contributed by atoms with Crippen LogP contribution in [-0.2, 0) is 4.79 Å². The van der Waals surface area contributed by atoms with Crippen molar-refractivity contribution in [3.8, 4) is 0 Å². The highest BCUT2D eigenvalue weighted by Crippen LogP contribution is 2.23. The summed E-state index contributed by atoms with van der Waals surface area (Å²) in [4.78, 5) is 12.3. The molecule has 1 nitrogen and oxygen atoms in total. The quantitative estimate of drug-likeness (QED) is 0.545. The normalized spacial score (nSPS) is 30.2. The van der Waals surface area contributed by atoms with E-state index in [-0.39, 0.29) is 11.7 Å². The van der Waals surface area contributed by atoms with Crippen LogP contribution in [0.4, 0.5) is 0 Å². The third-order valence-electron chi connectivity index (χ3n) is 4.34. The molecule has 0 unspecified atom stereocenters. The summed E-state index contributed by atoms with van der Waals surface area (Å²) >= 11 is 0. The SMILES string of the molecule is C=C(C)[C@H]1C/C=C(\C)CC/C=C(\C)CC/C=C(/C)C(=O)C1. The molecule has 0 fully saturated rings. The number of carbonyl (C=O) groups is 1. The molecule has 0 aromatic carbocycles. The Morgan fingerprint density at radius 3 is 2.24 bits per heavy atom. The standard InChI is InChI=1S/C20H30O/c1-15(2)19-13-12-17(4)9-6-8-16(3)10-7-11-18(5)20(21)14-19/h8,11-12,19H,1,6-7,9-10,13-14H2,2-5H3/b16-8+,17-12+,18-11-/t19-/m0/s1. The molecule has 1 atom stereocenters. The lowest BCUT2D eigenvalue weighted by Crippen LogP contribution is -2.10. The summed E-state index contributed by atoms with van der Waals surface area (Å²) in [5.74, 6) is 0.545. The first-order valence-electron chi connectivity index (χ1n) is 8.06. The number of allylic oxidation sites excluding steroid dienone is 7. The van der Waals surface area contributed by atoms with Crippen LogP contribution >= 0.6 is 0 Å². The lowest BCUT2D eigenvalue weighted by molar-refractivity contribution is -0.116. The molecule has 1 aliphatic carbocycles. The van der Waals surface area contributed by atoms with Gasteiger partial charge in [-0.1, -0.05) is 41.5 Å². The topological polar surface area (TPSA) is 17.1 Å². The highest BCUT2D eigenvalue weighted by Gasteiger charge is 2.15. The molecule has 0 heterocycles. The minimum atomic E-state index is 0.271. The predicted molar refractivity (Wildman–Crippen MR) is 92.3 cm³/mol. The molecule has 0 amide bonds. The molecule has 0 saturated heterocycles. The monoisotopic (exact) mass is 286 g/mol. The minimum Gasteiger partial charge on any atom is -0.295 e. The van der Waals surface area contributed by atoms with E-state index in [0.29, 0.717) is 6.42 Å². The van der Waals surface area contributed by atoms with Gasteiger partial charge in [0.2, 0.25) is 0 Å². The van der Waals surface area contributed by atoms with Gasteiger partial charge in [0.15, 0.2) is 5.78 Å². The minimum absolute atomic E-state index is 0.271. The molecule has 0 aromatic rings. The molecule has 0 aromatic heterocycles. The van der Waals surface area contributed by atoms with E-state index in [1.807, 2.05) is 13.8 Å². The van der Waals surface area contributed by atoms with Crippen molar-refractivity contribution < 1.29 is 4.79 Å². The zero-order chi connectivity index (χ0) is 15.8. The van der Waals surface area contributed by atoms with Crippen LogP contribution in [0, 0.1) is 5.92 Å². The molecule has 0 bridgehead atoms. The molecule has 1 rings (SSSR count). The second kappa shape index (κ2) is 8.81. The van der Waals surface area contributed by atoms with Crippen LogP contribution in [0.25, 0.3) is 0 Å². The fourth-order valence-corrected chi connectivity index (χ4v) is 2.57. The number of Topliss-reactive ketones (excluding diaryl/α,β-unsaturated/α-hetero) is 1. The number of hydrogen-bond donors (Lipinski definition) is 0. The van der Waals surface area contributed by atoms with Crippen LogP contribution in [0.3, 0.4) is 0 Å². The van der Waals surface area contributed by atoms with Gasteiger partial charge in [-0.25, -0.2) is 0 Å². The van der Waals surface area contributed by atoms with E-state index in [9.17, 15) is 4.79 Å². The highest BCUT2D eigenvalue weighted by molar-refractivity contribution is 5.95. The van der Waals surface area contributed by atoms with Gasteiger partial charge in [-0.3, -0.25) is 4.79 Å². The van der Waals surface area contributed by atoms with Gasteiger partial charge in [0, 0.05) is 6.42 Å². The maximum atomic E-state index is 12.3. The fraction of sp³-hybridized carbons (Fsp3) is 0.550. The van der Waals surface area contributed by atoms with Crippen molar-refractivity contribution in [2.24, 2.45) is 5.92 Å².